The summed E-state index contributed by atoms with van der Waals surface area (Å²) in [6, 6.07) is 10.3. The SMILES string of the molecule is CC(C)c1ccc(C(O)(c2cncc(C(=O)NC3CCCC3)c2)C2(C)CNC2)cc1. The maximum atomic E-state index is 12.8. The molecular formula is C25H33N3O2. The predicted octanol–water partition coefficient (Wildman–Crippen LogP) is 3.72. The molecule has 2 aliphatic rings. The lowest BCUT2D eigenvalue weighted by molar-refractivity contribution is -0.0769. The van der Waals surface area contributed by atoms with Crippen LogP contribution in [0.15, 0.2) is 42.7 Å². The average molecular weight is 408 g/mol. The van der Waals surface area contributed by atoms with Crippen LogP contribution in [0.25, 0.3) is 0 Å². The Morgan fingerprint density at radius 1 is 1.17 bits per heavy atom. The number of amides is 1. The van der Waals surface area contributed by atoms with E-state index in [9.17, 15) is 9.90 Å². The van der Waals surface area contributed by atoms with Crippen molar-refractivity contribution in [2.75, 3.05) is 13.1 Å². The summed E-state index contributed by atoms with van der Waals surface area (Å²) in [6.07, 6.45) is 7.70. The maximum Gasteiger partial charge on any atom is 0.253 e. The van der Waals surface area contributed by atoms with E-state index in [2.05, 4.69) is 48.5 Å². The van der Waals surface area contributed by atoms with E-state index < -0.39 is 5.60 Å². The molecule has 1 saturated heterocycles. The monoisotopic (exact) mass is 407 g/mol. The van der Waals surface area contributed by atoms with Gasteiger partial charge >= 0.3 is 0 Å². The molecule has 1 aliphatic carbocycles. The average Bonchev–Trinajstić information content (AvgIpc) is 3.24. The molecule has 2 fully saturated rings. The molecule has 5 nitrogen and oxygen atoms in total. The van der Waals surface area contributed by atoms with E-state index in [1.807, 2.05) is 18.2 Å². The Bertz CT molecular complexity index is 899. The van der Waals surface area contributed by atoms with E-state index in [1.165, 1.54) is 18.4 Å². The number of pyridine rings is 1. The topological polar surface area (TPSA) is 74.2 Å². The Morgan fingerprint density at radius 3 is 2.40 bits per heavy atom. The van der Waals surface area contributed by atoms with Crippen LogP contribution in [-0.2, 0) is 5.60 Å². The highest BCUT2D eigenvalue weighted by atomic mass is 16.3. The highest BCUT2D eigenvalue weighted by molar-refractivity contribution is 5.94. The van der Waals surface area contributed by atoms with E-state index in [0.29, 0.717) is 30.1 Å². The van der Waals surface area contributed by atoms with Crippen LogP contribution < -0.4 is 10.6 Å². The minimum absolute atomic E-state index is 0.106. The molecule has 1 aliphatic heterocycles. The number of carbonyl (C=O) groups is 1. The molecule has 2 heterocycles. The molecule has 0 radical (unpaired) electrons. The van der Waals surface area contributed by atoms with Crippen LogP contribution in [0.1, 0.15) is 79.4 Å². The van der Waals surface area contributed by atoms with Gasteiger partial charge in [-0.25, -0.2) is 0 Å². The first-order valence-corrected chi connectivity index (χ1v) is 11.1. The van der Waals surface area contributed by atoms with Gasteiger partial charge in [-0.15, -0.1) is 0 Å². The number of rotatable bonds is 6. The van der Waals surface area contributed by atoms with Crippen molar-refractivity contribution in [3.63, 3.8) is 0 Å². The molecule has 1 aromatic carbocycles. The molecule has 1 unspecified atom stereocenters. The second kappa shape index (κ2) is 8.12. The first kappa shape index (κ1) is 21.0. The van der Waals surface area contributed by atoms with Crippen LogP contribution in [-0.4, -0.2) is 35.1 Å². The molecule has 5 heteroatoms. The van der Waals surface area contributed by atoms with Gasteiger partial charge in [-0.1, -0.05) is 57.9 Å². The standard InChI is InChI=1S/C25H33N3O2/c1-17(2)18-8-10-20(11-9-18)25(30,24(3)15-27-16-24)21-12-19(13-26-14-21)23(29)28-22-6-4-5-7-22/h8-14,17,22,27,30H,4-7,15-16H2,1-3H3,(H,28,29). The van der Waals surface area contributed by atoms with E-state index >= 15 is 0 Å². The number of nitrogens with one attached hydrogen (secondary N) is 2. The molecule has 160 valence electrons. The smallest absolute Gasteiger partial charge is 0.253 e. The zero-order valence-corrected chi connectivity index (χ0v) is 18.2. The summed E-state index contributed by atoms with van der Waals surface area (Å²) in [5.41, 5.74) is 1.64. The number of hydrogen-bond donors (Lipinski definition) is 3. The first-order chi connectivity index (χ1) is 14.3. The van der Waals surface area contributed by atoms with Gasteiger partial charge in [0.2, 0.25) is 0 Å². The van der Waals surface area contributed by atoms with Crippen molar-refractivity contribution < 1.29 is 9.90 Å². The van der Waals surface area contributed by atoms with E-state index in [4.69, 9.17) is 0 Å². The second-order valence-corrected chi connectivity index (χ2v) is 9.57. The van der Waals surface area contributed by atoms with Gasteiger partial charge in [-0.3, -0.25) is 9.78 Å². The number of carbonyl (C=O) groups excluding carboxylic acids is 1. The third-order valence-electron chi connectivity index (χ3n) is 7.01. The fraction of sp³-hybridized carbons (Fsp3) is 0.520. The van der Waals surface area contributed by atoms with Gasteiger partial charge in [0.05, 0.1) is 5.56 Å². The molecule has 0 bridgehead atoms. The lowest BCUT2D eigenvalue weighted by Gasteiger charge is -2.52. The third kappa shape index (κ3) is 3.65. The van der Waals surface area contributed by atoms with Crippen molar-refractivity contribution in [1.82, 2.24) is 15.6 Å². The highest BCUT2D eigenvalue weighted by Crippen LogP contribution is 2.47. The van der Waals surface area contributed by atoms with Gasteiger partial charge in [0.25, 0.3) is 5.91 Å². The van der Waals surface area contributed by atoms with Crippen molar-refractivity contribution >= 4 is 5.91 Å². The summed E-state index contributed by atoms with van der Waals surface area (Å²) in [7, 11) is 0. The molecule has 1 aromatic heterocycles. The van der Waals surface area contributed by atoms with E-state index in [-0.39, 0.29) is 17.4 Å². The van der Waals surface area contributed by atoms with Gasteiger partial charge in [-0.05, 0) is 36.0 Å². The summed E-state index contributed by atoms with van der Waals surface area (Å²) in [5.74, 6) is 0.322. The van der Waals surface area contributed by atoms with Gasteiger partial charge in [0.15, 0.2) is 0 Å². The Labute approximate surface area is 179 Å². The first-order valence-electron chi connectivity index (χ1n) is 11.1. The summed E-state index contributed by atoms with van der Waals surface area (Å²) >= 11 is 0. The summed E-state index contributed by atoms with van der Waals surface area (Å²) < 4.78 is 0. The van der Waals surface area contributed by atoms with Crippen LogP contribution in [0.5, 0.6) is 0 Å². The van der Waals surface area contributed by atoms with Crippen molar-refractivity contribution in [3.05, 3.63) is 65.0 Å². The number of aliphatic hydroxyl groups is 1. The molecule has 1 atom stereocenters. The van der Waals surface area contributed by atoms with Crippen LogP contribution in [0.3, 0.4) is 0 Å². The lowest BCUT2D eigenvalue weighted by Crippen LogP contribution is -2.63. The van der Waals surface area contributed by atoms with Gasteiger partial charge in [0, 0.05) is 42.5 Å². The third-order valence-corrected chi connectivity index (χ3v) is 7.01. The molecule has 3 N–H and O–H groups in total. The number of nitrogens with zero attached hydrogens (tertiary/aromatic N) is 1. The second-order valence-electron chi connectivity index (χ2n) is 9.57. The highest BCUT2D eigenvalue weighted by Gasteiger charge is 2.53. The van der Waals surface area contributed by atoms with E-state index in [1.54, 1.807) is 12.4 Å². The number of aromatic nitrogens is 1. The predicted molar refractivity (Wildman–Crippen MR) is 118 cm³/mol. The quantitative estimate of drug-likeness (QED) is 0.682. The Morgan fingerprint density at radius 2 is 1.83 bits per heavy atom. The lowest BCUT2D eigenvalue weighted by atomic mass is 9.63. The molecule has 2 aromatic rings. The summed E-state index contributed by atoms with van der Waals surface area (Å²) in [6.45, 7) is 7.82. The molecular weight excluding hydrogens is 374 g/mol. The molecule has 1 saturated carbocycles. The number of hydrogen-bond acceptors (Lipinski definition) is 4. The summed E-state index contributed by atoms with van der Waals surface area (Å²) in [5, 5.41) is 18.6. The van der Waals surface area contributed by atoms with Gasteiger partial charge in [0.1, 0.15) is 5.60 Å². The molecule has 0 spiro atoms. The van der Waals surface area contributed by atoms with Crippen molar-refractivity contribution in [2.24, 2.45) is 5.41 Å². The van der Waals surface area contributed by atoms with Crippen molar-refractivity contribution in [3.8, 4) is 0 Å². The van der Waals surface area contributed by atoms with Gasteiger partial charge < -0.3 is 15.7 Å². The zero-order chi connectivity index (χ0) is 21.4. The largest absolute Gasteiger partial charge is 0.380 e. The van der Waals surface area contributed by atoms with Crippen LogP contribution in [0.4, 0.5) is 0 Å². The fourth-order valence-electron chi connectivity index (χ4n) is 4.83. The Hall–Kier alpha value is -2.24. The van der Waals surface area contributed by atoms with Crippen molar-refractivity contribution in [2.45, 2.75) is 64.0 Å². The Balaban J connectivity index is 1.70. The number of benzene rings is 1. The summed E-state index contributed by atoms with van der Waals surface area (Å²) in [4.78, 5) is 17.2. The zero-order valence-electron chi connectivity index (χ0n) is 18.2. The Kier molecular flexibility index (Phi) is 5.69. The molecule has 30 heavy (non-hydrogen) atoms. The maximum absolute atomic E-state index is 12.8. The van der Waals surface area contributed by atoms with Crippen molar-refractivity contribution in [1.29, 1.82) is 0 Å². The van der Waals surface area contributed by atoms with Crippen LogP contribution >= 0.6 is 0 Å². The van der Waals surface area contributed by atoms with Crippen LogP contribution in [0.2, 0.25) is 0 Å². The van der Waals surface area contributed by atoms with E-state index in [0.717, 1.165) is 18.4 Å². The van der Waals surface area contributed by atoms with Gasteiger partial charge in [-0.2, -0.15) is 0 Å². The molecule has 4 rings (SSSR count). The molecule has 1 amide bonds. The minimum atomic E-state index is -1.23. The fourth-order valence-corrected chi connectivity index (χ4v) is 4.83. The van der Waals surface area contributed by atoms with Crippen LogP contribution in [0, 0.1) is 5.41 Å². The minimum Gasteiger partial charge on any atom is -0.380 e. The normalized spacial score (nSPS) is 20.6.